The van der Waals surface area contributed by atoms with Crippen LogP contribution in [0.5, 0.6) is 0 Å². The summed E-state index contributed by atoms with van der Waals surface area (Å²) >= 11 is 1.30. The van der Waals surface area contributed by atoms with Gasteiger partial charge in [-0.3, -0.25) is 43.3 Å². The van der Waals surface area contributed by atoms with Gasteiger partial charge in [-0.25, -0.2) is 4.98 Å². The second kappa shape index (κ2) is 37.9. The smallest absolute Gasteiger partial charge is 0.306 e. The first kappa shape index (κ1) is 72.0. The molecule has 0 saturated carbocycles. The highest BCUT2D eigenvalue weighted by Crippen LogP contribution is 2.34. The molecule has 0 aliphatic carbocycles. The van der Waals surface area contributed by atoms with Crippen LogP contribution in [-0.2, 0) is 54.2 Å². The van der Waals surface area contributed by atoms with Crippen molar-refractivity contribution in [2.75, 3.05) is 72.6 Å². The highest BCUT2D eigenvalue weighted by Gasteiger charge is 2.40. The standard InChI is InChI=1S/C61H101N7O12S/c1-15-28-68(59(75)48(41(7)17-3)36-53(70)61(10,11)67(12)13)51(40(5)6)37-52(80-29-16-2)58-66-50(39-81-58)57(74)64-46(32-43(9)60(76)77)33-44-25-24-42(8)49(34-44)65-54(71)23-21-27-63-56(73)45(35-47(69)18-4)22-19-20-26-62-55(72)38-79-31-30-78-14/h24-25,34,39-41,43,45-46,48,51-52H,15-23,26-33,35-38H2,1-14H3,(H,62,72)(H,63,73)(H,64,74)(H,65,71)(H,76,77)/t41?,43?,45?,46-,48+,51-,52-/m1/s1. The minimum Gasteiger partial charge on any atom is -0.481 e. The predicted octanol–water partition coefficient (Wildman–Crippen LogP) is 8.76. The maximum Gasteiger partial charge on any atom is 0.306 e. The fourth-order valence-electron chi connectivity index (χ4n) is 9.29. The van der Waals surface area contributed by atoms with Crippen LogP contribution in [0.2, 0.25) is 0 Å². The van der Waals surface area contributed by atoms with Gasteiger partial charge in [0.25, 0.3) is 5.91 Å². The Hall–Kier alpha value is -5.15. The number of carboxylic acid groups (broad SMARTS) is 1. The summed E-state index contributed by atoms with van der Waals surface area (Å²) < 4.78 is 16.6. The van der Waals surface area contributed by atoms with Crippen LogP contribution in [0.1, 0.15) is 185 Å². The minimum absolute atomic E-state index is 0.0158. The van der Waals surface area contributed by atoms with E-state index in [1.54, 1.807) is 26.3 Å². The highest BCUT2D eigenvalue weighted by atomic mass is 32.1. The lowest BCUT2D eigenvalue weighted by Crippen LogP contribution is -2.51. The van der Waals surface area contributed by atoms with Gasteiger partial charge in [-0.15, -0.1) is 11.3 Å². The van der Waals surface area contributed by atoms with Crippen molar-refractivity contribution in [3.8, 4) is 0 Å². The molecule has 2 aromatic rings. The third-order valence-electron chi connectivity index (χ3n) is 15.3. The Morgan fingerprint density at radius 3 is 2.17 bits per heavy atom. The SMILES string of the molecule is CCCO[C@H](C[C@H](C(C)C)N(CCC)C(=O)[C@@H](CC(=O)C(C)(C)N(C)C)C(C)CC)c1nc(C(=O)N[C@@H](Cc2ccc(C)c(NC(=O)CCCNC(=O)C(CCCCNC(=O)COCCOC)CC(=O)CC)c2)CC(C)C(=O)O)cs1. The van der Waals surface area contributed by atoms with Crippen LogP contribution >= 0.6 is 11.3 Å². The largest absolute Gasteiger partial charge is 0.481 e. The molecule has 20 heteroatoms. The fourth-order valence-corrected chi connectivity index (χ4v) is 10.1. The number of carboxylic acids is 1. The summed E-state index contributed by atoms with van der Waals surface area (Å²) in [4.78, 5) is 114. The number of aliphatic carboxylic acids is 1. The molecule has 0 aliphatic rings. The Bertz CT molecular complexity index is 2290. The second-order valence-corrected chi connectivity index (χ2v) is 23.6. The molecule has 19 nitrogen and oxygen atoms in total. The molecule has 1 heterocycles. The molecule has 2 rings (SSSR count). The number of unbranched alkanes of at least 4 members (excludes halogenated alkanes) is 1. The van der Waals surface area contributed by atoms with E-state index in [9.17, 15) is 43.5 Å². The van der Waals surface area contributed by atoms with Crippen molar-refractivity contribution in [3.05, 3.63) is 45.4 Å². The maximum atomic E-state index is 14.8. The number of hydrogen-bond acceptors (Lipinski definition) is 14. The number of likely N-dealkylation sites (N-methyl/N-ethyl adjacent to an activating group) is 1. The molecule has 7 atom stereocenters. The molecule has 0 radical (unpaired) electrons. The van der Waals surface area contributed by atoms with Gasteiger partial charge in [0.15, 0.2) is 5.78 Å². The monoisotopic (exact) mass is 1160 g/mol. The average molecular weight is 1160 g/mol. The van der Waals surface area contributed by atoms with Gasteiger partial charge in [0.05, 0.1) is 24.7 Å². The lowest BCUT2D eigenvalue weighted by Gasteiger charge is -2.40. The van der Waals surface area contributed by atoms with Crippen molar-refractivity contribution in [2.24, 2.45) is 29.6 Å². The number of thiazole rings is 1. The van der Waals surface area contributed by atoms with E-state index < -0.39 is 47.3 Å². The molecule has 3 unspecified atom stereocenters. The molecular formula is C61H101N7O12S. The van der Waals surface area contributed by atoms with Crippen molar-refractivity contribution in [3.63, 3.8) is 0 Å². The van der Waals surface area contributed by atoms with E-state index in [1.807, 2.05) is 90.6 Å². The zero-order chi connectivity index (χ0) is 60.8. The van der Waals surface area contributed by atoms with E-state index in [-0.39, 0.29) is 104 Å². The Morgan fingerprint density at radius 1 is 0.852 bits per heavy atom. The molecule has 5 N–H and O–H groups in total. The Morgan fingerprint density at radius 2 is 1.56 bits per heavy atom. The average Bonchev–Trinajstić information content (AvgIpc) is 4.01. The Labute approximate surface area is 487 Å². The number of benzene rings is 1. The summed E-state index contributed by atoms with van der Waals surface area (Å²) in [6.45, 7) is 23.5. The number of aromatic nitrogens is 1. The van der Waals surface area contributed by atoms with Gasteiger partial charge in [0.2, 0.25) is 23.6 Å². The minimum atomic E-state index is -1.01. The van der Waals surface area contributed by atoms with Gasteiger partial charge >= 0.3 is 5.97 Å². The summed E-state index contributed by atoms with van der Waals surface area (Å²) in [6, 6.07) is 4.66. The second-order valence-electron chi connectivity index (χ2n) is 22.7. The third kappa shape index (κ3) is 25.5. The molecule has 0 aliphatic heterocycles. The number of carbonyl (C=O) groups is 8. The van der Waals surface area contributed by atoms with E-state index in [0.717, 1.165) is 30.4 Å². The molecular weight excluding hydrogens is 1050 g/mol. The summed E-state index contributed by atoms with van der Waals surface area (Å²) in [5.41, 5.74) is 1.53. The van der Waals surface area contributed by atoms with E-state index in [1.165, 1.54) is 11.3 Å². The molecule has 5 amide bonds. The Balaban J connectivity index is 2.23. The number of nitrogens with one attached hydrogen (secondary N) is 4. The number of ketones is 2. The number of carbonyl (C=O) groups excluding carboxylic acids is 7. The molecule has 81 heavy (non-hydrogen) atoms. The van der Waals surface area contributed by atoms with Gasteiger partial charge in [-0.2, -0.15) is 0 Å². The molecule has 1 aromatic carbocycles. The van der Waals surface area contributed by atoms with Crippen LogP contribution in [-0.4, -0.2) is 152 Å². The fraction of sp³-hybridized carbons (Fsp3) is 0.721. The number of ether oxygens (including phenoxy) is 3. The van der Waals surface area contributed by atoms with E-state index in [2.05, 4.69) is 35.1 Å². The van der Waals surface area contributed by atoms with Crippen molar-refractivity contribution < 1.29 is 57.7 Å². The van der Waals surface area contributed by atoms with Crippen LogP contribution in [0.25, 0.3) is 0 Å². The van der Waals surface area contributed by atoms with Crippen LogP contribution in [0, 0.1) is 36.5 Å². The van der Waals surface area contributed by atoms with Crippen LogP contribution in [0.4, 0.5) is 5.69 Å². The number of hydrogen-bond donors (Lipinski definition) is 5. The topological polar surface area (TPSA) is 252 Å². The van der Waals surface area contributed by atoms with Gasteiger partial charge in [-0.1, -0.05) is 80.4 Å². The van der Waals surface area contributed by atoms with Crippen molar-refractivity contribution in [1.29, 1.82) is 0 Å². The zero-order valence-corrected chi connectivity index (χ0v) is 52.3. The first-order valence-electron chi connectivity index (χ1n) is 29.5. The quantitative estimate of drug-likeness (QED) is 0.0390. The number of amides is 5. The van der Waals surface area contributed by atoms with Crippen molar-refractivity contribution in [1.82, 2.24) is 30.7 Å². The first-order valence-corrected chi connectivity index (χ1v) is 30.4. The first-order chi connectivity index (χ1) is 38.3. The summed E-state index contributed by atoms with van der Waals surface area (Å²) in [5, 5.41) is 23.9. The van der Waals surface area contributed by atoms with Crippen LogP contribution in [0.15, 0.2) is 23.6 Å². The number of Topliss-reactive ketones (excluding diaryl/α,β-unsaturated/α-hetero) is 2. The lowest BCUT2D eigenvalue weighted by atomic mass is 9.81. The molecule has 0 bridgehead atoms. The normalized spacial score (nSPS) is 14.3. The number of anilines is 1. The molecule has 0 saturated heterocycles. The number of nitrogens with zero attached hydrogens (tertiary/aromatic N) is 3. The van der Waals surface area contributed by atoms with Crippen LogP contribution in [0.3, 0.4) is 0 Å². The molecule has 0 fully saturated rings. The number of rotatable bonds is 43. The van der Waals surface area contributed by atoms with Crippen molar-refractivity contribution >= 4 is 64.1 Å². The zero-order valence-electron chi connectivity index (χ0n) is 51.5. The predicted molar refractivity (Wildman–Crippen MR) is 318 cm³/mol. The van der Waals surface area contributed by atoms with Crippen molar-refractivity contribution in [2.45, 2.75) is 190 Å². The van der Waals surface area contributed by atoms with Gasteiger partial charge in [-0.05, 0) is 109 Å². The van der Waals surface area contributed by atoms with Crippen LogP contribution < -0.4 is 21.3 Å². The van der Waals surface area contributed by atoms with Gasteiger partial charge in [0, 0.05) is 100 Å². The molecule has 458 valence electrons. The van der Waals surface area contributed by atoms with E-state index in [4.69, 9.17) is 19.2 Å². The van der Waals surface area contributed by atoms with E-state index in [0.29, 0.717) is 82.1 Å². The number of aryl methyl sites for hydroxylation is 1. The molecule has 1 aromatic heterocycles. The molecule has 0 spiro atoms. The summed E-state index contributed by atoms with van der Waals surface area (Å²) in [5.74, 6) is -4.11. The van der Waals surface area contributed by atoms with Gasteiger partial charge < -0.3 is 45.5 Å². The maximum absolute atomic E-state index is 14.8. The summed E-state index contributed by atoms with van der Waals surface area (Å²) in [6.07, 6.45) is 5.20. The number of methoxy groups -OCH3 is 1. The lowest BCUT2D eigenvalue weighted by molar-refractivity contribution is -0.145. The highest BCUT2D eigenvalue weighted by molar-refractivity contribution is 7.09. The summed E-state index contributed by atoms with van der Waals surface area (Å²) in [7, 11) is 5.30. The van der Waals surface area contributed by atoms with E-state index >= 15 is 0 Å². The third-order valence-corrected chi connectivity index (χ3v) is 16.3. The Kier molecular flexibility index (Phi) is 33.6. The van der Waals surface area contributed by atoms with Gasteiger partial charge in [0.1, 0.15) is 29.2 Å².